The zero-order valence-corrected chi connectivity index (χ0v) is 14.6. The standard InChI is InChI=1S/C16H15ClN4O6/c17-15-13(2-1-5-19-15)20-14(23)9-27-16(24)11-8-10(21(25)26)3-4-12(11)18-6-7-22/h1-5,8,18,22H,6-7,9H2,(H,20,23). The number of hydrogen-bond acceptors (Lipinski definition) is 8. The van der Waals surface area contributed by atoms with Gasteiger partial charge in [0.25, 0.3) is 11.6 Å². The van der Waals surface area contributed by atoms with Crippen molar-refractivity contribution in [1.82, 2.24) is 4.98 Å². The molecule has 1 aromatic heterocycles. The van der Waals surface area contributed by atoms with Gasteiger partial charge in [0, 0.05) is 30.6 Å². The average molecular weight is 395 g/mol. The van der Waals surface area contributed by atoms with Crippen LogP contribution in [0.25, 0.3) is 0 Å². The summed E-state index contributed by atoms with van der Waals surface area (Å²) in [4.78, 5) is 38.2. The van der Waals surface area contributed by atoms with Gasteiger partial charge in [-0.15, -0.1) is 0 Å². The number of carbonyl (C=O) groups excluding carboxylic acids is 2. The van der Waals surface area contributed by atoms with Crippen molar-refractivity contribution in [2.24, 2.45) is 0 Å². The number of anilines is 2. The molecule has 1 heterocycles. The number of non-ortho nitro benzene ring substituents is 1. The Bertz CT molecular complexity index is 861. The van der Waals surface area contributed by atoms with Gasteiger partial charge in [0.2, 0.25) is 0 Å². The molecule has 3 N–H and O–H groups in total. The van der Waals surface area contributed by atoms with E-state index in [0.717, 1.165) is 6.07 Å². The van der Waals surface area contributed by atoms with Gasteiger partial charge in [0.05, 0.1) is 22.8 Å². The molecule has 10 nitrogen and oxygen atoms in total. The Morgan fingerprint density at radius 3 is 2.74 bits per heavy atom. The smallest absolute Gasteiger partial charge is 0.341 e. The number of carbonyl (C=O) groups is 2. The molecule has 0 aliphatic rings. The third-order valence-electron chi connectivity index (χ3n) is 3.23. The molecular weight excluding hydrogens is 380 g/mol. The van der Waals surface area contributed by atoms with Gasteiger partial charge in [0.1, 0.15) is 0 Å². The molecule has 0 aliphatic carbocycles. The van der Waals surface area contributed by atoms with Crippen molar-refractivity contribution >= 4 is 40.5 Å². The van der Waals surface area contributed by atoms with E-state index in [9.17, 15) is 19.7 Å². The fourth-order valence-corrected chi connectivity index (χ4v) is 2.20. The second kappa shape index (κ2) is 9.46. The number of hydrogen-bond donors (Lipinski definition) is 3. The fourth-order valence-electron chi connectivity index (χ4n) is 2.03. The van der Waals surface area contributed by atoms with Crippen LogP contribution in [0.15, 0.2) is 36.5 Å². The number of nitrogens with one attached hydrogen (secondary N) is 2. The maximum absolute atomic E-state index is 12.3. The zero-order valence-electron chi connectivity index (χ0n) is 13.8. The Labute approximate surface area is 158 Å². The molecule has 0 spiro atoms. The van der Waals surface area contributed by atoms with Crippen LogP contribution >= 0.6 is 11.6 Å². The molecule has 0 aliphatic heterocycles. The molecule has 142 valence electrons. The molecule has 2 aromatic rings. The molecule has 0 bridgehead atoms. The first-order valence-electron chi connectivity index (χ1n) is 7.63. The molecule has 2 rings (SSSR count). The molecule has 1 aromatic carbocycles. The molecule has 0 unspecified atom stereocenters. The number of rotatable bonds is 8. The average Bonchev–Trinajstić information content (AvgIpc) is 2.66. The highest BCUT2D eigenvalue weighted by molar-refractivity contribution is 6.32. The summed E-state index contributed by atoms with van der Waals surface area (Å²) in [5, 5.41) is 25.0. The van der Waals surface area contributed by atoms with Crippen LogP contribution in [0.1, 0.15) is 10.4 Å². The minimum atomic E-state index is -0.938. The molecule has 0 radical (unpaired) electrons. The van der Waals surface area contributed by atoms with E-state index < -0.39 is 23.4 Å². The van der Waals surface area contributed by atoms with E-state index in [2.05, 4.69) is 15.6 Å². The van der Waals surface area contributed by atoms with Crippen LogP contribution in [0.4, 0.5) is 17.1 Å². The largest absolute Gasteiger partial charge is 0.452 e. The van der Waals surface area contributed by atoms with Crippen molar-refractivity contribution in [3.63, 3.8) is 0 Å². The molecule has 0 saturated heterocycles. The molecule has 0 fully saturated rings. The number of pyridine rings is 1. The third kappa shape index (κ3) is 5.62. The molecular formula is C16H15ClN4O6. The monoisotopic (exact) mass is 394 g/mol. The van der Waals surface area contributed by atoms with Gasteiger partial charge in [-0.3, -0.25) is 14.9 Å². The van der Waals surface area contributed by atoms with E-state index in [-0.39, 0.29) is 40.9 Å². The predicted octanol–water partition coefficient (Wildman–Crippen LogP) is 1.84. The number of nitrogens with zero attached hydrogens (tertiary/aromatic N) is 2. The first-order valence-corrected chi connectivity index (χ1v) is 8.01. The Balaban J connectivity index is 2.07. The van der Waals surface area contributed by atoms with Crippen LogP contribution in [0, 0.1) is 10.1 Å². The minimum Gasteiger partial charge on any atom is -0.452 e. The van der Waals surface area contributed by atoms with E-state index >= 15 is 0 Å². The van der Waals surface area contributed by atoms with Crippen molar-refractivity contribution in [3.8, 4) is 0 Å². The van der Waals surface area contributed by atoms with Crippen LogP contribution in [-0.4, -0.2) is 46.6 Å². The quantitative estimate of drug-likeness (QED) is 0.266. The van der Waals surface area contributed by atoms with Gasteiger partial charge in [-0.25, -0.2) is 9.78 Å². The highest BCUT2D eigenvalue weighted by Crippen LogP contribution is 2.23. The van der Waals surface area contributed by atoms with Gasteiger partial charge in [0.15, 0.2) is 11.8 Å². The summed E-state index contributed by atoms with van der Waals surface area (Å²) in [5.74, 6) is -1.60. The number of amides is 1. The molecule has 1 amide bonds. The fraction of sp³-hybridized carbons (Fsp3) is 0.188. The second-order valence-electron chi connectivity index (χ2n) is 5.10. The summed E-state index contributed by atoms with van der Waals surface area (Å²) in [6.07, 6.45) is 1.45. The maximum atomic E-state index is 12.3. The van der Waals surface area contributed by atoms with Crippen molar-refractivity contribution in [2.75, 3.05) is 30.4 Å². The number of nitro groups is 1. The number of halogens is 1. The third-order valence-corrected chi connectivity index (χ3v) is 3.53. The minimum absolute atomic E-state index is 0.0753. The summed E-state index contributed by atoms with van der Waals surface area (Å²) in [5.41, 5.74) is 0.0316. The van der Waals surface area contributed by atoms with E-state index in [0.29, 0.717) is 0 Å². The summed E-state index contributed by atoms with van der Waals surface area (Å²) in [6.45, 7) is -0.718. The Morgan fingerprint density at radius 2 is 2.07 bits per heavy atom. The first-order chi connectivity index (χ1) is 12.9. The molecule has 0 saturated carbocycles. The van der Waals surface area contributed by atoms with E-state index in [1.165, 1.54) is 24.4 Å². The number of ether oxygens (including phenoxy) is 1. The van der Waals surface area contributed by atoms with E-state index in [4.69, 9.17) is 21.4 Å². The lowest BCUT2D eigenvalue weighted by molar-refractivity contribution is -0.384. The Hall–Kier alpha value is -3.24. The van der Waals surface area contributed by atoms with Crippen molar-refractivity contribution < 1.29 is 24.4 Å². The van der Waals surface area contributed by atoms with Crippen LogP contribution in [0.2, 0.25) is 5.15 Å². The summed E-state index contributed by atoms with van der Waals surface area (Å²) >= 11 is 5.82. The van der Waals surface area contributed by atoms with E-state index in [1.54, 1.807) is 6.07 Å². The number of nitro benzene ring substituents is 1. The van der Waals surface area contributed by atoms with Gasteiger partial charge < -0.3 is 20.5 Å². The Morgan fingerprint density at radius 1 is 1.30 bits per heavy atom. The van der Waals surface area contributed by atoms with Gasteiger partial charge in [-0.2, -0.15) is 0 Å². The van der Waals surface area contributed by atoms with E-state index in [1.807, 2.05) is 0 Å². The van der Waals surface area contributed by atoms with Gasteiger partial charge in [-0.05, 0) is 18.2 Å². The van der Waals surface area contributed by atoms with Crippen LogP contribution in [0.5, 0.6) is 0 Å². The number of esters is 1. The van der Waals surface area contributed by atoms with Crippen LogP contribution in [-0.2, 0) is 9.53 Å². The predicted molar refractivity (Wildman–Crippen MR) is 96.8 cm³/mol. The van der Waals surface area contributed by atoms with Crippen molar-refractivity contribution in [1.29, 1.82) is 0 Å². The maximum Gasteiger partial charge on any atom is 0.341 e. The van der Waals surface area contributed by atoms with Gasteiger partial charge in [-0.1, -0.05) is 11.6 Å². The summed E-state index contributed by atoms with van der Waals surface area (Å²) in [6, 6.07) is 6.63. The lowest BCUT2D eigenvalue weighted by Crippen LogP contribution is -2.22. The highest BCUT2D eigenvalue weighted by atomic mass is 35.5. The lowest BCUT2D eigenvalue weighted by atomic mass is 10.1. The normalized spacial score (nSPS) is 10.1. The SMILES string of the molecule is O=C(COC(=O)c1cc([N+](=O)[O-])ccc1NCCO)Nc1cccnc1Cl. The van der Waals surface area contributed by atoms with Crippen molar-refractivity contribution in [2.45, 2.75) is 0 Å². The first kappa shape index (κ1) is 20.1. The molecule has 0 atom stereocenters. The molecule has 11 heteroatoms. The number of aliphatic hydroxyl groups is 1. The number of aromatic nitrogens is 1. The summed E-state index contributed by atoms with van der Waals surface area (Å²) < 4.78 is 4.92. The Kier molecular flexibility index (Phi) is 7.03. The van der Waals surface area contributed by atoms with Gasteiger partial charge >= 0.3 is 5.97 Å². The van der Waals surface area contributed by atoms with Crippen molar-refractivity contribution in [3.05, 3.63) is 57.4 Å². The second-order valence-corrected chi connectivity index (χ2v) is 5.46. The molecule has 27 heavy (non-hydrogen) atoms. The van der Waals surface area contributed by atoms with Crippen LogP contribution in [0.3, 0.4) is 0 Å². The lowest BCUT2D eigenvalue weighted by Gasteiger charge is -2.11. The number of aliphatic hydroxyl groups excluding tert-OH is 1. The number of benzene rings is 1. The zero-order chi connectivity index (χ0) is 19.8. The van der Waals surface area contributed by atoms with Crippen LogP contribution < -0.4 is 10.6 Å². The summed E-state index contributed by atoms with van der Waals surface area (Å²) in [7, 11) is 0. The highest BCUT2D eigenvalue weighted by Gasteiger charge is 2.19. The topological polar surface area (TPSA) is 144 Å².